The fraction of sp³-hybridized carbons (Fsp3) is 0.0667. The Morgan fingerprint density at radius 3 is 2.52 bits per heavy atom. The molecule has 3 nitrogen and oxygen atoms in total. The molecule has 2 rings (SSSR count). The molecule has 3 N–H and O–H groups in total. The Labute approximate surface area is 141 Å². The van der Waals surface area contributed by atoms with Gasteiger partial charge in [0.1, 0.15) is 4.99 Å². The Balaban J connectivity index is 2.04. The maximum Gasteiger partial charge on any atom is 0.252 e. The first-order chi connectivity index (χ1) is 9.97. The zero-order chi connectivity index (χ0) is 15.4. The first-order valence-electron chi connectivity index (χ1n) is 6.09. The molecule has 0 unspecified atom stereocenters. The minimum Gasteiger partial charge on any atom is -0.389 e. The first-order valence-corrected chi connectivity index (χ1v) is 7.67. The van der Waals surface area contributed by atoms with Crippen LogP contribution < -0.4 is 11.1 Å². The highest BCUT2D eigenvalue weighted by molar-refractivity contribution is 9.10. The normalized spacial score (nSPS) is 10.2. The van der Waals surface area contributed by atoms with Crippen LogP contribution in [-0.4, -0.2) is 10.9 Å². The van der Waals surface area contributed by atoms with Gasteiger partial charge < -0.3 is 11.1 Å². The predicted molar refractivity (Wildman–Crippen MR) is 92.7 cm³/mol. The molecular formula is C15H12BrClN2OS. The van der Waals surface area contributed by atoms with Gasteiger partial charge in [-0.3, -0.25) is 4.79 Å². The number of nitrogens with one attached hydrogen (secondary N) is 1. The van der Waals surface area contributed by atoms with Gasteiger partial charge in [0.25, 0.3) is 5.91 Å². The van der Waals surface area contributed by atoms with E-state index in [0.717, 1.165) is 11.1 Å². The lowest BCUT2D eigenvalue weighted by Gasteiger charge is -2.08. The van der Waals surface area contributed by atoms with Crippen molar-refractivity contribution in [3.8, 4) is 0 Å². The summed E-state index contributed by atoms with van der Waals surface area (Å²) in [5.41, 5.74) is 7.80. The summed E-state index contributed by atoms with van der Waals surface area (Å²) in [6, 6.07) is 12.5. The zero-order valence-electron chi connectivity index (χ0n) is 10.9. The summed E-state index contributed by atoms with van der Waals surface area (Å²) < 4.78 is 0.702. The zero-order valence-corrected chi connectivity index (χ0v) is 14.1. The van der Waals surface area contributed by atoms with Gasteiger partial charge in [-0.1, -0.05) is 48.1 Å². The van der Waals surface area contributed by atoms with E-state index >= 15 is 0 Å². The topological polar surface area (TPSA) is 55.1 Å². The third-order valence-electron chi connectivity index (χ3n) is 2.86. The van der Waals surface area contributed by atoms with E-state index < -0.39 is 0 Å². The molecule has 0 saturated carbocycles. The van der Waals surface area contributed by atoms with Crippen molar-refractivity contribution in [3.63, 3.8) is 0 Å². The molecule has 0 aliphatic rings. The van der Waals surface area contributed by atoms with Gasteiger partial charge >= 0.3 is 0 Å². The van der Waals surface area contributed by atoms with E-state index in [1.807, 2.05) is 24.3 Å². The van der Waals surface area contributed by atoms with Crippen LogP contribution in [0.1, 0.15) is 21.5 Å². The van der Waals surface area contributed by atoms with Crippen molar-refractivity contribution in [2.24, 2.45) is 5.73 Å². The largest absolute Gasteiger partial charge is 0.389 e. The second kappa shape index (κ2) is 7.02. The minimum absolute atomic E-state index is 0.192. The van der Waals surface area contributed by atoms with E-state index in [1.54, 1.807) is 18.2 Å². The van der Waals surface area contributed by atoms with Crippen LogP contribution >= 0.6 is 39.7 Å². The van der Waals surface area contributed by atoms with Crippen LogP contribution in [0.4, 0.5) is 0 Å². The van der Waals surface area contributed by atoms with Crippen molar-refractivity contribution in [1.29, 1.82) is 0 Å². The molecule has 0 saturated heterocycles. The standard InChI is InChI=1S/C15H12BrClN2OS/c16-13-6-5-11(17)7-12(13)15(20)19-8-9-1-3-10(4-2-9)14(18)21/h1-7H,8H2,(H2,18,21)(H,19,20). The summed E-state index contributed by atoms with van der Waals surface area (Å²) in [7, 11) is 0. The fourth-order valence-corrected chi connectivity index (χ4v) is 2.47. The molecule has 0 atom stereocenters. The smallest absolute Gasteiger partial charge is 0.252 e. The molecule has 21 heavy (non-hydrogen) atoms. The highest BCUT2D eigenvalue weighted by Gasteiger charge is 2.10. The van der Waals surface area contributed by atoms with E-state index in [1.165, 1.54) is 0 Å². The summed E-state index contributed by atoms with van der Waals surface area (Å²) in [6.45, 7) is 0.412. The van der Waals surface area contributed by atoms with Gasteiger partial charge in [0.15, 0.2) is 0 Å². The van der Waals surface area contributed by atoms with E-state index in [0.29, 0.717) is 26.6 Å². The molecule has 1 amide bonds. The first kappa shape index (κ1) is 15.9. The van der Waals surface area contributed by atoms with Crippen LogP contribution in [0.25, 0.3) is 0 Å². The number of amides is 1. The van der Waals surface area contributed by atoms with Crippen molar-refractivity contribution >= 4 is 50.6 Å². The third kappa shape index (κ3) is 4.27. The lowest BCUT2D eigenvalue weighted by atomic mass is 10.1. The molecule has 0 radical (unpaired) electrons. The fourth-order valence-electron chi connectivity index (χ4n) is 1.74. The van der Waals surface area contributed by atoms with Crippen molar-refractivity contribution in [2.45, 2.75) is 6.54 Å². The Morgan fingerprint density at radius 1 is 1.24 bits per heavy atom. The molecule has 0 aliphatic carbocycles. The van der Waals surface area contributed by atoms with Crippen LogP contribution in [0.2, 0.25) is 5.02 Å². The summed E-state index contributed by atoms with van der Waals surface area (Å²) >= 11 is 14.1. The number of rotatable bonds is 4. The van der Waals surface area contributed by atoms with Crippen LogP contribution in [0.15, 0.2) is 46.9 Å². The SMILES string of the molecule is NC(=S)c1ccc(CNC(=O)c2cc(Cl)ccc2Br)cc1. The predicted octanol–water partition coefficient (Wildman–Crippen LogP) is 3.67. The number of carbonyl (C=O) groups is 1. The van der Waals surface area contributed by atoms with Gasteiger partial charge in [0, 0.05) is 21.6 Å². The number of carbonyl (C=O) groups excluding carboxylic acids is 1. The van der Waals surface area contributed by atoms with Gasteiger partial charge in [0.2, 0.25) is 0 Å². The van der Waals surface area contributed by atoms with E-state index in [4.69, 9.17) is 29.6 Å². The quantitative estimate of drug-likeness (QED) is 0.792. The molecule has 0 aromatic heterocycles. The average molecular weight is 384 g/mol. The van der Waals surface area contributed by atoms with E-state index in [-0.39, 0.29) is 5.91 Å². The molecule has 0 aliphatic heterocycles. The average Bonchev–Trinajstić information content (AvgIpc) is 2.47. The summed E-state index contributed by atoms with van der Waals surface area (Å²) in [5.74, 6) is -0.192. The van der Waals surface area contributed by atoms with Crippen molar-refractivity contribution in [2.75, 3.05) is 0 Å². The molecule has 0 bridgehead atoms. The summed E-state index contributed by atoms with van der Waals surface area (Å²) in [5, 5.41) is 3.36. The van der Waals surface area contributed by atoms with Crippen LogP contribution in [0.5, 0.6) is 0 Å². The lowest BCUT2D eigenvalue weighted by molar-refractivity contribution is 0.0950. The number of halogens is 2. The van der Waals surface area contributed by atoms with Gasteiger partial charge in [-0.25, -0.2) is 0 Å². The second-order valence-corrected chi connectivity index (χ2v) is 6.10. The summed E-state index contributed by atoms with van der Waals surface area (Å²) in [4.78, 5) is 12.5. The molecule has 0 spiro atoms. The van der Waals surface area contributed by atoms with Crippen molar-refractivity contribution in [1.82, 2.24) is 5.32 Å². The van der Waals surface area contributed by atoms with Crippen LogP contribution in [0, 0.1) is 0 Å². The lowest BCUT2D eigenvalue weighted by Crippen LogP contribution is -2.23. The molecule has 0 heterocycles. The Morgan fingerprint density at radius 2 is 1.90 bits per heavy atom. The number of nitrogens with two attached hydrogens (primary N) is 1. The minimum atomic E-state index is -0.192. The van der Waals surface area contributed by atoms with Crippen molar-refractivity contribution in [3.05, 3.63) is 68.7 Å². The van der Waals surface area contributed by atoms with Crippen LogP contribution in [-0.2, 0) is 6.54 Å². The van der Waals surface area contributed by atoms with E-state index in [9.17, 15) is 4.79 Å². The number of thiocarbonyl (C=S) groups is 1. The molecule has 2 aromatic carbocycles. The Hall–Kier alpha value is -1.43. The third-order valence-corrected chi connectivity index (χ3v) is 4.03. The monoisotopic (exact) mass is 382 g/mol. The van der Waals surface area contributed by atoms with Crippen LogP contribution in [0.3, 0.4) is 0 Å². The molecule has 6 heteroatoms. The maximum atomic E-state index is 12.1. The van der Waals surface area contributed by atoms with Crippen molar-refractivity contribution < 1.29 is 4.79 Å². The summed E-state index contributed by atoms with van der Waals surface area (Å²) in [6.07, 6.45) is 0. The number of hydrogen-bond donors (Lipinski definition) is 2. The molecular weight excluding hydrogens is 372 g/mol. The van der Waals surface area contributed by atoms with E-state index in [2.05, 4.69) is 21.2 Å². The highest BCUT2D eigenvalue weighted by Crippen LogP contribution is 2.21. The molecule has 2 aromatic rings. The van der Waals surface area contributed by atoms with Gasteiger partial charge in [0.05, 0.1) is 5.56 Å². The second-order valence-electron chi connectivity index (χ2n) is 4.37. The van der Waals surface area contributed by atoms with Gasteiger partial charge in [-0.2, -0.15) is 0 Å². The molecule has 0 fully saturated rings. The van der Waals surface area contributed by atoms with Gasteiger partial charge in [-0.05, 0) is 39.7 Å². The number of benzene rings is 2. The highest BCUT2D eigenvalue weighted by atomic mass is 79.9. The van der Waals surface area contributed by atoms with Gasteiger partial charge in [-0.15, -0.1) is 0 Å². The Bertz CT molecular complexity index is 689. The maximum absolute atomic E-state index is 12.1. The number of hydrogen-bond acceptors (Lipinski definition) is 2. The molecule has 108 valence electrons. The Kier molecular flexibility index (Phi) is 5.33.